The third kappa shape index (κ3) is 1.05. The van der Waals surface area contributed by atoms with Gasteiger partial charge in [0.05, 0.1) is 22.9 Å². The number of nitrogens with zero attached hydrogens (tertiary/aromatic N) is 1. The zero-order chi connectivity index (χ0) is 5.98. The van der Waals surface area contributed by atoms with E-state index in [-0.39, 0.29) is 0 Å². The Morgan fingerprint density at radius 2 is 2.62 bits per heavy atom. The summed E-state index contributed by atoms with van der Waals surface area (Å²) in [5.41, 5.74) is 1.26. The van der Waals surface area contributed by atoms with Crippen LogP contribution in [0.4, 0.5) is 0 Å². The van der Waals surface area contributed by atoms with Crippen LogP contribution in [0.5, 0.6) is 0 Å². The van der Waals surface area contributed by atoms with E-state index in [0.717, 1.165) is 6.54 Å². The van der Waals surface area contributed by atoms with E-state index in [1.54, 1.807) is 0 Å². The van der Waals surface area contributed by atoms with Gasteiger partial charge in [-0.05, 0) is 12.5 Å². The predicted octanol–water partition coefficient (Wildman–Crippen LogP) is 2.11. The lowest BCUT2D eigenvalue weighted by Crippen LogP contribution is -2.01. The molecule has 0 fully saturated rings. The van der Waals surface area contributed by atoms with Crippen LogP contribution in [0, 0.1) is 0 Å². The molecule has 1 heterocycles. The first kappa shape index (κ1) is 6.13. The van der Waals surface area contributed by atoms with E-state index in [2.05, 4.69) is 38.6 Å². The highest BCUT2D eigenvalue weighted by atomic mass is 127. The van der Waals surface area contributed by atoms with E-state index >= 15 is 0 Å². The Labute approximate surface area is 63.6 Å². The largest absolute Gasteiger partial charge is 0.315 e. The van der Waals surface area contributed by atoms with E-state index < -0.39 is 0 Å². The molecule has 1 rings (SSSR count). The number of hydrogen-bond donors (Lipinski definition) is 0. The molecular weight excluding hydrogens is 213 g/mol. The fraction of sp³-hybridized carbons (Fsp3) is 0.333. The van der Waals surface area contributed by atoms with Crippen LogP contribution in [-0.4, -0.2) is 9.66 Å². The Kier molecular flexibility index (Phi) is 1.94. The van der Waals surface area contributed by atoms with Crippen molar-refractivity contribution in [2.45, 2.75) is 6.42 Å². The minimum atomic E-state index is 1.14. The lowest BCUT2D eigenvalue weighted by atomic mass is 10.4. The van der Waals surface area contributed by atoms with E-state index in [9.17, 15) is 0 Å². The average molecular weight is 221 g/mol. The van der Waals surface area contributed by atoms with Crippen molar-refractivity contribution in [3.63, 3.8) is 0 Å². The van der Waals surface area contributed by atoms with Crippen LogP contribution in [0.1, 0.15) is 6.42 Å². The molecule has 0 N–H and O–H groups in total. The van der Waals surface area contributed by atoms with E-state index in [1.165, 1.54) is 12.1 Å². The number of allylic oxidation sites excluding steroid dienone is 1. The molecule has 0 aliphatic carbocycles. The Morgan fingerprint density at radius 1 is 1.88 bits per heavy atom. The SMILES string of the molecule is C=CC1=CCCN1I. The summed E-state index contributed by atoms with van der Waals surface area (Å²) in [6.45, 7) is 4.82. The van der Waals surface area contributed by atoms with Gasteiger partial charge in [-0.2, -0.15) is 0 Å². The summed E-state index contributed by atoms with van der Waals surface area (Å²) >= 11 is 2.29. The van der Waals surface area contributed by atoms with Crippen molar-refractivity contribution >= 4 is 22.9 Å². The van der Waals surface area contributed by atoms with E-state index in [4.69, 9.17) is 0 Å². The number of halogens is 1. The highest BCUT2D eigenvalue weighted by molar-refractivity contribution is 14.1. The monoisotopic (exact) mass is 221 g/mol. The summed E-state index contributed by atoms with van der Waals surface area (Å²) < 4.78 is 2.17. The smallest absolute Gasteiger partial charge is 0.0591 e. The van der Waals surface area contributed by atoms with Gasteiger partial charge in [-0.3, -0.25) is 0 Å². The van der Waals surface area contributed by atoms with E-state index in [1.807, 2.05) is 6.08 Å². The number of rotatable bonds is 1. The molecule has 0 aromatic carbocycles. The average Bonchev–Trinajstić information content (AvgIpc) is 2.14. The van der Waals surface area contributed by atoms with Gasteiger partial charge in [-0.25, -0.2) is 0 Å². The summed E-state index contributed by atoms with van der Waals surface area (Å²) in [5, 5.41) is 0. The molecular formula is C6H8IN. The third-order valence-corrected chi connectivity index (χ3v) is 2.21. The Balaban J connectivity index is 2.62. The van der Waals surface area contributed by atoms with Gasteiger partial charge in [0.25, 0.3) is 0 Å². The minimum absolute atomic E-state index is 1.14. The van der Waals surface area contributed by atoms with Gasteiger partial charge in [-0.15, -0.1) is 0 Å². The fourth-order valence-electron chi connectivity index (χ4n) is 0.736. The van der Waals surface area contributed by atoms with Crippen LogP contribution in [0.15, 0.2) is 24.4 Å². The molecule has 0 radical (unpaired) electrons. The predicted molar refractivity (Wildman–Crippen MR) is 43.6 cm³/mol. The van der Waals surface area contributed by atoms with Crippen molar-refractivity contribution in [1.29, 1.82) is 0 Å². The molecule has 1 nitrogen and oxygen atoms in total. The van der Waals surface area contributed by atoms with Crippen LogP contribution in [0.2, 0.25) is 0 Å². The van der Waals surface area contributed by atoms with Gasteiger partial charge in [0, 0.05) is 12.2 Å². The van der Waals surface area contributed by atoms with Crippen LogP contribution < -0.4 is 0 Å². The van der Waals surface area contributed by atoms with Crippen LogP contribution >= 0.6 is 22.9 Å². The van der Waals surface area contributed by atoms with Gasteiger partial charge in [0.2, 0.25) is 0 Å². The van der Waals surface area contributed by atoms with Crippen LogP contribution in [0.25, 0.3) is 0 Å². The molecule has 8 heavy (non-hydrogen) atoms. The highest BCUT2D eigenvalue weighted by Crippen LogP contribution is 2.19. The quantitative estimate of drug-likeness (QED) is 0.484. The standard InChI is InChI=1S/C6H8IN/c1-2-6-4-3-5-8(6)7/h2,4H,1,3,5H2. The van der Waals surface area contributed by atoms with Crippen molar-refractivity contribution in [2.24, 2.45) is 0 Å². The first-order valence-electron chi connectivity index (χ1n) is 2.60. The lowest BCUT2D eigenvalue weighted by Gasteiger charge is -2.07. The second-order valence-electron chi connectivity index (χ2n) is 1.71. The Hall–Kier alpha value is 0.0100. The molecule has 0 amide bonds. The van der Waals surface area contributed by atoms with Crippen molar-refractivity contribution in [3.05, 3.63) is 24.4 Å². The molecule has 0 saturated carbocycles. The van der Waals surface area contributed by atoms with Crippen molar-refractivity contribution in [2.75, 3.05) is 6.54 Å². The van der Waals surface area contributed by atoms with Gasteiger partial charge in [0.15, 0.2) is 0 Å². The van der Waals surface area contributed by atoms with Crippen LogP contribution in [0.3, 0.4) is 0 Å². The molecule has 0 aromatic heterocycles. The summed E-state index contributed by atoms with van der Waals surface area (Å²) in [7, 11) is 0. The Morgan fingerprint density at radius 3 is 2.88 bits per heavy atom. The Bertz CT molecular complexity index is 128. The second-order valence-corrected chi connectivity index (χ2v) is 2.87. The molecule has 44 valence electrons. The fourth-order valence-corrected chi connectivity index (χ4v) is 1.41. The summed E-state index contributed by atoms with van der Waals surface area (Å²) in [6.07, 6.45) is 5.25. The van der Waals surface area contributed by atoms with Gasteiger partial charge in [0.1, 0.15) is 0 Å². The van der Waals surface area contributed by atoms with Gasteiger partial charge >= 0.3 is 0 Å². The highest BCUT2D eigenvalue weighted by Gasteiger charge is 2.06. The molecule has 1 aliphatic heterocycles. The maximum absolute atomic E-state index is 3.68. The minimum Gasteiger partial charge on any atom is -0.315 e. The van der Waals surface area contributed by atoms with E-state index in [0.29, 0.717) is 0 Å². The molecule has 0 saturated heterocycles. The topological polar surface area (TPSA) is 3.24 Å². The molecule has 2 heteroatoms. The molecule has 0 aromatic rings. The molecule has 1 aliphatic rings. The summed E-state index contributed by atoms with van der Waals surface area (Å²) in [4.78, 5) is 0. The first-order chi connectivity index (χ1) is 3.84. The molecule has 0 unspecified atom stereocenters. The first-order valence-corrected chi connectivity index (χ1v) is 3.57. The number of hydrogen-bond acceptors (Lipinski definition) is 1. The molecule has 0 spiro atoms. The van der Waals surface area contributed by atoms with Crippen LogP contribution in [-0.2, 0) is 0 Å². The third-order valence-electron chi connectivity index (χ3n) is 1.17. The zero-order valence-electron chi connectivity index (χ0n) is 4.60. The maximum atomic E-state index is 3.68. The zero-order valence-corrected chi connectivity index (χ0v) is 6.76. The second kappa shape index (κ2) is 2.53. The molecule has 0 atom stereocenters. The lowest BCUT2D eigenvalue weighted by molar-refractivity contribution is 0.691. The van der Waals surface area contributed by atoms with Crippen molar-refractivity contribution in [3.8, 4) is 0 Å². The van der Waals surface area contributed by atoms with Crippen molar-refractivity contribution in [1.82, 2.24) is 3.11 Å². The molecule has 0 bridgehead atoms. The summed E-state index contributed by atoms with van der Waals surface area (Å²) in [6, 6.07) is 0. The summed E-state index contributed by atoms with van der Waals surface area (Å²) in [5.74, 6) is 0. The van der Waals surface area contributed by atoms with Gasteiger partial charge < -0.3 is 3.11 Å². The van der Waals surface area contributed by atoms with Gasteiger partial charge in [-0.1, -0.05) is 12.7 Å². The maximum Gasteiger partial charge on any atom is 0.0591 e. The normalized spacial score (nSPS) is 18.6. The van der Waals surface area contributed by atoms with Crippen molar-refractivity contribution < 1.29 is 0 Å².